The molecule has 0 unspecified atom stereocenters. The standard InChI is InChI=1S/C17H14N4O4S/c1-11-15(20-21(19-11)12-6-3-2-4-7-12)17(24)25-10-14(22)18-16(23)13-8-5-9-26-13/h2-9H,10H2,1H3,(H,18,22,23). The van der Waals surface area contributed by atoms with E-state index in [0.717, 1.165) is 0 Å². The van der Waals surface area contributed by atoms with Gasteiger partial charge in [0.05, 0.1) is 16.3 Å². The van der Waals surface area contributed by atoms with Crippen molar-refractivity contribution in [1.29, 1.82) is 0 Å². The summed E-state index contributed by atoms with van der Waals surface area (Å²) in [7, 11) is 0. The fourth-order valence-electron chi connectivity index (χ4n) is 2.08. The average molecular weight is 370 g/mol. The van der Waals surface area contributed by atoms with Crippen LogP contribution in [0.15, 0.2) is 47.8 Å². The van der Waals surface area contributed by atoms with E-state index in [9.17, 15) is 14.4 Å². The topological polar surface area (TPSA) is 103 Å². The third kappa shape index (κ3) is 4.01. The summed E-state index contributed by atoms with van der Waals surface area (Å²) < 4.78 is 4.92. The first kappa shape index (κ1) is 17.5. The van der Waals surface area contributed by atoms with Crippen LogP contribution >= 0.6 is 11.3 Å². The molecule has 0 aliphatic rings. The van der Waals surface area contributed by atoms with Crippen LogP contribution in [0.5, 0.6) is 0 Å². The van der Waals surface area contributed by atoms with Gasteiger partial charge in [0.1, 0.15) is 0 Å². The quantitative estimate of drug-likeness (QED) is 0.687. The largest absolute Gasteiger partial charge is 0.451 e. The number of thiophene rings is 1. The van der Waals surface area contributed by atoms with E-state index in [2.05, 4.69) is 15.5 Å². The molecule has 1 aromatic carbocycles. The molecule has 2 amide bonds. The Labute approximate surface area is 152 Å². The fourth-order valence-corrected chi connectivity index (χ4v) is 2.69. The summed E-state index contributed by atoms with van der Waals surface area (Å²) in [6.07, 6.45) is 0. The van der Waals surface area contributed by atoms with E-state index < -0.39 is 24.4 Å². The first-order valence-electron chi connectivity index (χ1n) is 7.59. The van der Waals surface area contributed by atoms with Crippen molar-refractivity contribution in [2.75, 3.05) is 6.61 Å². The molecule has 0 radical (unpaired) electrons. The smallest absolute Gasteiger partial charge is 0.361 e. The van der Waals surface area contributed by atoms with Gasteiger partial charge in [-0.2, -0.15) is 9.90 Å². The summed E-state index contributed by atoms with van der Waals surface area (Å²) >= 11 is 1.20. The average Bonchev–Trinajstić information content (AvgIpc) is 3.30. The van der Waals surface area contributed by atoms with Gasteiger partial charge in [0.2, 0.25) is 0 Å². The molecule has 0 aliphatic carbocycles. The number of rotatable bonds is 5. The van der Waals surface area contributed by atoms with Crippen molar-refractivity contribution in [1.82, 2.24) is 20.3 Å². The Balaban J connectivity index is 1.59. The van der Waals surface area contributed by atoms with E-state index in [1.165, 1.54) is 16.1 Å². The number of carbonyl (C=O) groups excluding carboxylic acids is 3. The zero-order valence-corrected chi connectivity index (χ0v) is 14.5. The summed E-state index contributed by atoms with van der Waals surface area (Å²) in [5, 5.41) is 12.1. The van der Waals surface area contributed by atoms with E-state index in [-0.39, 0.29) is 5.69 Å². The Morgan fingerprint density at radius 2 is 1.88 bits per heavy atom. The number of carbonyl (C=O) groups is 3. The minimum atomic E-state index is -0.789. The number of nitrogens with one attached hydrogen (secondary N) is 1. The molecular weight excluding hydrogens is 356 g/mol. The number of aromatic nitrogens is 3. The predicted molar refractivity (Wildman–Crippen MR) is 93.2 cm³/mol. The highest BCUT2D eigenvalue weighted by Crippen LogP contribution is 2.10. The molecule has 0 saturated carbocycles. The van der Waals surface area contributed by atoms with Gasteiger partial charge in [0.25, 0.3) is 11.8 Å². The van der Waals surface area contributed by atoms with E-state index in [0.29, 0.717) is 16.3 Å². The van der Waals surface area contributed by atoms with Gasteiger partial charge in [-0.25, -0.2) is 4.79 Å². The van der Waals surface area contributed by atoms with Crippen LogP contribution in [0.1, 0.15) is 25.9 Å². The van der Waals surface area contributed by atoms with Gasteiger partial charge < -0.3 is 4.74 Å². The van der Waals surface area contributed by atoms with Crippen molar-refractivity contribution in [3.05, 3.63) is 64.1 Å². The summed E-state index contributed by atoms with van der Waals surface area (Å²) in [6, 6.07) is 12.4. The first-order valence-corrected chi connectivity index (χ1v) is 8.47. The van der Waals surface area contributed by atoms with Crippen LogP contribution in [0.3, 0.4) is 0 Å². The number of hydrogen-bond acceptors (Lipinski definition) is 7. The second-order valence-electron chi connectivity index (χ2n) is 5.19. The number of benzene rings is 1. The number of para-hydroxylation sites is 1. The maximum atomic E-state index is 12.1. The van der Waals surface area contributed by atoms with Crippen LogP contribution in [0, 0.1) is 6.92 Å². The van der Waals surface area contributed by atoms with Gasteiger partial charge in [0.15, 0.2) is 12.3 Å². The predicted octanol–water partition coefficient (Wildman–Crippen LogP) is 1.75. The van der Waals surface area contributed by atoms with Crippen molar-refractivity contribution in [3.8, 4) is 5.69 Å². The molecule has 0 bridgehead atoms. The first-order chi connectivity index (χ1) is 12.5. The van der Waals surface area contributed by atoms with Crippen LogP contribution in [0.4, 0.5) is 0 Å². The highest BCUT2D eigenvalue weighted by atomic mass is 32.1. The van der Waals surface area contributed by atoms with Crippen LogP contribution in [0.25, 0.3) is 5.69 Å². The molecule has 0 aliphatic heterocycles. The summed E-state index contributed by atoms with van der Waals surface area (Å²) in [5.74, 6) is -2.04. The minimum absolute atomic E-state index is 0.00577. The lowest BCUT2D eigenvalue weighted by Crippen LogP contribution is -2.33. The van der Waals surface area contributed by atoms with E-state index in [4.69, 9.17) is 4.74 Å². The van der Waals surface area contributed by atoms with Crippen molar-refractivity contribution in [2.24, 2.45) is 0 Å². The number of hydrogen-bond donors (Lipinski definition) is 1. The van der Waals surface area contributed by atoms with Gasteiger partial charge in [-0.15, -0.1) is 16.4 Å². The Kier molecular flexibility index (Phi) is 5.18. The molecule has 1 N–H and O–H groups in total. The normalized spacial score (nSPS) is 10.3. The zero-order chi connectivity index (χ0) is 18.5. The fraction of sp³-hybridized carbons (Fsp3) is 0.118. The number of nitrogens with zero attached hydrogens (tertiary/aromatic N) is 3. The Hall–Kier alpha value is -3.33. The van der Waals surface area contributed by atoms with E-state index >= 15 is 0 Å². The van der Waals surface area contributed by atoms with Crippen molar-refractivity contribution in [2.45, 2.75) is 6.92 Å². The highest BCUT2D eigenvalue weighted by Gasteiger charge is 2.20. The monoisotopic (exact) mass is 370 g/mol. The maximum Gasteiger partial charge on any atom is 0.361 e. The molecule has 132 valence electrons. The number of imide groups is 1. The lowest BCUT2D eigenvalue weighted by Gasteiger charge is -2.03. The zero-order valence-electron chi connectivity index (χ0n) is 13.7. The van der Waals surface area contributed by atoms with Crippen molar-refractivity contribution >= 4 is 29.1 Å². The van der Waals surface area contributed by atoms with Crippen LogP contribution < -0.4 is 5.32 Å². The Bertz CT molecular complexity index is 935. The summed E-state index contributed by atoms with van der Waals surface area (Å²) in [5.41, 5.74) is 1.06. The summed E-state index contributed by atoms with van der Waals surface area (Å²) in [6.45, 7) is 1.02. The van der Waals surface area contributed by atoms with Crippen LogP contribution in [-0.4, -0.2) is 39.4 Å². The highest BCUT2D eigenvalue weighted by molar-refractivity contribution is 7.12. The van der Waals surface area contributed by atoms with Crippen molar-refractivity contribution in [3.63, 3.8) is 0 Å². The number of amides is 2. The molecule has 9 heteroatoms. The Morgan fingerprint density at radius 3 is 2.58 bits per heavy atom. The molecule has 2 aromatic heterocycles. The number of ether oxygens (including phenoxy) is 1. The molecule has 26 heavy (non-hydrogen) atoms. The SMILES string of the molecule is Cc1nn(-c2ccccc2)nc1C(=O)OCC(=O)NC(=O)c1cccs1. The van der Waals surface area contributed by atoms with Gasteiger partial charge in [-0.05, 0) is 30.5 Å². The molecular formula is C17H14N4O4S. The number of esters is 1. The third-order valence-corrected chi connectivity index (χ3v) is 4.16. The molecule has 0 fully saturated rings. The van der Waals surface area contributed by atoms with Gasteiger partial charge in [-0.1, -0.05) is 24.3 Å². The van der Waals surface area contributed by atoms with Crippen molar-refractivity contribution < 1.29 is 19.1 Å². The van der Waals surface area contributed by atoms with Crippen LogP contribution in [0.2, 0.25) is 0 Å². The van der Waals surface area contributed by atoms with Gasteiger partial charge in [-0.3, -0.25) is 14.9 Å². The molecule has 8 nitrogen and oxygen atoms in total. The molecule has 0 spiro atoms. The second-order valence-corrected chi connectivity index (χ2v) is 6.14. The molecule has 3 rings (SSSR count). The molecule has 2 heterocycles. The van der Waals surface area contributed by atoms with E-state index in [1.807, 2.05) is 18.2 Å². The third-order valence-electron chi connectivity index (χ3n) is 3.29. The maximum absolute atomic E-state index is 12.1. The Morgan fingerprint density at radius 1 is 1.12 bits per heavy atom. The lowest BCUT2D eigenvalue weighted by atomic mass is 10.3. The summed E-state index contributed by atoms with van der Waals surface area (Å²) in [4.78, 5) is 37.3. The van der Waals surface area contributed by atoms with Gasteiger partial charge in [0, 0.05) is 0 Å². The van der Waals surface area contributed by atoms with Crippen LogP contribution in [-0.2, 0) is 9.53 Å². The second kappa shape index (κ2) is 7.70. The van der Waals surface area contributed by atoms with Gasteiger partial charge >= 0.3 is 5.97 Å². The van der Waals surface area contributed by atoms with E-state index in [1.54, 1.807) is 36.6 Å². The molecule has 3 aromatic rings. The minimum Gasteiger partial charge on any atom is -0.451 e. The molecule has 0 atom stereocenters. The molecule has 0 saturated heterocycles. The lowest BCUT2D eigenvalue weighted by molar-refractivity contribution is -0.123. The number of aryl methyl sites for hydroxylation is 1.